The number of nitrogens with one attached hydrogen (secondary N) is 1. The molecule has 0 saturated heterocycles. The number of rotatable bonds is 5. The van der Waals surface area contributed by atoms with Crippen molar-refractivity contribution in [1.82, 2.24) is 5.32 Å². The second-order valence-electron chi connectivity index (χ2n) is 3.19. The van der Waals surface area contributed by atoms with Crippen LogP contribution in [0.4, 0.5) is 0 Å². The zero-order valence-electron chi connectivity index (χ0n) is 8.01. The molecule has 0 heterocycles. The van der Waals surface area contributed by atoms with E-state index in [9.17, 15) is 0 Å². The largest absolute Gasteiger partial charge is 0.370 e. The standard InChI is InChI=1S/C8H20N4/c1-7(2)4-3-5-11-8(10)12-6-9/h7H,3-6,9H2,1-2H3,(H3,10,11,12). The van der Waals surface area contributed by atoms with Crippen LogP contribution < -0.4 is 16.8 Å². The van der Waals surface area contributed by atoms with Crippen molar-refractivity contribution in [3.05, 3.63) is 0 Å². The van der Waals surface area contributed by atoms with E-state index in [0.717, 1.165) is 18.9 Å². The van der Waals surface area contributed by atoms with Crippen LogP contribution in [0, 0.1) is 5.92 Å². The van der Waals surface area contributed by atoms with Gasteiger partial charge in [0.2, 0.25) is 0 Å². The summed E-state index contributed by atoms with van der Waals surface area (Å²) in [6, 6.07) is 0. The molecule has 0 amide bonds. The van der Waals surface area contributed by atoms with Crippen LogP contribution in [0.25, 0.3) is 0 Å². The van der Waals surface area contributed by atoms with Crippen molar-refractivity contribution in [2.24, 2.45) is 22.4 Å². The van der Waals surface area contributed by atoms with Crippen molar-refractivity contribution >= 4 is 5.96 Å². The van der Waals surface area contributed by atoms with E-state index in [1.54, 1.807) is 0 Å². The quantitative estimate of drug-likeness (QED) is 0.316. The van der Waals surface area contributed by atoms with Crippen molar-refractivity contribution in [3.8, 4) is 0 Å². The molecule has 0 aliphatic rings. The van der Waals surface area contributed by atoms with Gasteiger partial charge in [0.1, 0.15) is 0 Å². The highest BCUT2D eigenvalue weighted by molar-refractivity contribution is 5.77. The minimum absolute atomic E-state index is 0.253. The summed E-state index contributed by atoms with van der Waals surface area (Å²) in [5.41, 5.74) is 10.6. The minimum Gasteiger partial charge on any atom is -0.370 e. The van der Waals surface area contributed by atoms with Crippen molar-refractivity contribution in [2.45, 2.75) is 26.7 Å². The number of aliphatic imine (C=N–C) groups is 1. The highest BCUT2D eigenvalue weighted by atomic mass is 15.1. The Balaban J connectivity index is 3.25. The number of hydrogen-bond donors (Lipinski definition) is 3. The molecule has 4 heteroatoms. The predicted octanol–water partition coefficient (Wildman–Crippen LogP) is 0.243. The molecule has 12 heavy (non-hydrogen) atoms. The zero-order chi connectivity index (χ0) is 9.40. The van der Waals surface area contributed by atoms with Gasteiger partial charge in [0.25, 0.3) is 0 Å². The van der Waals surface area contributed by atoms with Gasteiger partial charge in [-0.15, -0.1) is 0 Å². The van der Waals surface area contributed by atoms with E-state index < -0.39 is 0 Å². The monoisotopic (exact) mass is 172 g/mol. The van der Waals surface area contributed by atoms with E-state index in [4.69, 9.17) is 11.5 Å². The van der Waals surface area contributed by atoms with Crippen molar-refractivity contribution in [2.75, 3.05) is 13.2 Å². The summed E-state index contributed by atoms with van der Waals surface area (Å²) in [5.74, 6) is 1.20. The van der Waals surface area contributed by atoms with Gasteiger partial charge in [0.15, 0.2) is 5.96 Å². The summed E-state index contributed by atoms with van der Waals surface area (Å²) in [4.78, 5) is 3.80. The van der Waals surface area contributed by atoms with E-state index >= 15 is 0 Å². The Kier molecular flexibility index (Phi) is 6.47. The Morgan fingerprint density at radius 1 is 1.50 bits per heavy atom. The number of hydrogen-bond acceptors (Lipinski definition) is 2. The lowest BCUT2D eigenvalue weighted by atomic mass is 10.1. The Labute approximate surface area is 74.4 Å². The molecule has 0 aliphatic heterocycles. The van der Waals surface area contributed by atoms with Gasteiger partial charge in [-0.05, 0) is 18.8 Å². The third kappa shape index (κ3) is 7.34. The fourth-order valence-corrected chi connectivity index (χ4v) is 0.881. The Bertz CT molecular complexity index is 131. The maximum Gasteiger partial charge on any atom is 0.189 e. The van der Waals surface area contributed by atoms with Crippen LogP contribution in [0.3, 0.4) is 0 Å². The number of nitrogens with two attached hydrogens (primary N) is 2. The lowest BCUT2D eigenvalue weighted by molar-refractivity contribution is 0.551. The van der Waals surface area contributed by atoms with Crippen LogP contribution in [-0.4, -0.2) is 19.2 Å². The Hall–Kier alpha value is -0.770. The molecule has 0 saturated carbocycles. The molecule has 0 aromatic heterocycles. The van der Waals surface area contributed by atoms with Crippen molar-refractivity contribution in [1.29, 1.82) is 0 Å². The summed E-state index contributed by atoms with van der Waals surface area (Å²) in [5, 5.41) is 2.99. The van der Waals surface area contributed by atoms with Gasteiger partial charge in [-0.25, -0.2) is 4.99 Å². The molecule has 5 N–H and O–H groups in total. The summed E-state index contributed by atoms with van der Waals surface area (Å²) < 4.78 is 0. The summed E-state index contributed by atoms with van der Waals surface area (Å²) >= 11 is 0. The molecule has 0 aromatic rings. The topological polar surface area (TPSA) is 76.4 Å². The second-order valence-corrected chi connectivity index (χ2v) is 3.19. The maximum atomic E-state index is 5.46. The van der Waals surface area contributed by atoms with E-state index in [1.807, 2.05) is 0 Å². The smallest absolute Gasteiger partial charge is 0.189 e. The third-order valence-electron chi connectivity index (χ3n) is 1.53. The minimum atomic E-state index is 0.253. The van der Waals surface area contributed by atoms with Crippen LogP contribution >= 0.6 is 0 Å². The highest BCUT2D eigenvalue weighted by Gasteiger charge is 1.93. The second kappa shape index (κ2) is 6.91. The SMILES string of the molecule is CC(C)CCCN/C(N)=N/CN. The lowest BCUT2D eigenvalue weighted by Gasteiger charge is -2.06. The van der Waals surface area contributed by atoms with Gasteiger partial charge < -0.3 is 16.8 Å². The molecule has 4 nitrogen and oxygen atoms in total. The molecule has 0 fully saturated rings. The normalized spacial score (nSPS) is 12.2. The summed E-state index contributed by atoms with van der Waals surface area (Å²) in [6.07, 6.45) is 2.33. The van der Waals surface area contributed by atoms with Crippen LogP contribution in [0.2, 0.25) is 0 Å². The molecule has 0 unspecified atom stereocenters. The van der Waals surface area contributed by atoms with E-state index in [2.05, 4.69) is 24.2 Å². The van der Waals surface area contributed by atoms with Gasteiger partial charge in [-0.3, -0.25) is 0 Å². The Morgan fingerprint density at radius 3 is 2.67 bits per heavy atom. The highest BCUT2D eigenvalue weighted by Crippen LogP contribution is 2.01. The predicted molar refractivity (Wildman–Crippen MR) is 52.8 cm³/mol. The summed E-state index contributed by atoms with van der Waals surface area (Å²) in [6.45, 7) is 5.55. The lowest BCUT2D eigenvalue weighted by Crippen LogP contribution is -2.33. The summed E-state index contributed by atoms with van der Waals surface area (Å²) in [7, 11) is 0. The first-order valence-electron chi connectivity index (χ1n) is 4.40. The van der Waals surface area contributed by atoms with E-state index in [-0.39, 0.29) is 6.67 Å². The number of nitrogens with zero attached hydrogens (tertiary/aromatic N) is 1. The first-order valence-corrected chi connectivity index (χ1v) is 4.40. The fourth-order valence-electron chi connectivity index (χ4n) is 0.881. The van der Waals surface area contributed by atoms with Crippen LogP contribution in [0.1, 0.15) is 26.7 Å². The average molecular weight is 172 g/mol. The van der Waals surface area contributed by atoms with Crippen LogP contribution in [-0.2, 0) is 0 Å². The molecular formula is C8H20N4. The van der Waals surface area contributed by atoms with E-state index in [1.165, 1.54) is 6.42 Å². The molecule has 0 bridgehead atoms. The molecule has 0 aromatic carbocycles. The first kappa shape index (κ1) is 11.2. The molecule has 0 radical (unpaired) electrons. The molecule has 0 aliphatic carbocycles. The fraction of sp³-hybridized carbons (Fsp3) is 0.875. The molecule has 0 rings (SSSR count). The Morgan fingerprint density at radius 2 is 2.17 bits per heavy atom. The van der Waals surface area contributed by atoms with Crippen molar-refractivity contribution < 1.29 is 0 Å². The molecular weight excluding hydrogens is 152 g/mol. The maximum absolute atomic E-state index is 5.46. The first-order chi connectivity index (χ1) is 5.66. The van der Waals surface area contributed by atoms with Crippen LogP contribution in [0.5, 0.6) is 0 Å². The van der Waals surface area contributed by atoms with Crippen molar-refractivity contribution in [3.63, 3.8) is 0 Å². The van der Waals surface area contributed by atoms with Gasteiger partial charge in [-0.1, -0.05) is 13.8 Å². The third-order valence-corrected chi connectivity index (χ3v) is 1.53. The number of guanidine groups is 1. The van der Waals surface area contributed by atoms with Gasteiger partial charge in [-0.2, -0.15) is 0 Å². The van der Waals surface area contributed by atoms with E-state index in [0.29, 0.717) is 5.96 Å². The molecule has 0 spiro atoms. The zero-order valence-corrected chi connectivity index (χ0v) is 8.01. The molecule has 0 atom stereocenters. The van der Waals surface area contributed by atoms with Crippen LogP contribution in [0.15, 0.2) is 4.99 Å². The molecule has 72 valence electrons. The van der Waals surface area contributed by atoms with Gasteiger partial charge in [0, 0.05) is 6.54 Å². The van der Waals surface area contributed by atoms with Gasteiger partial charge >= 0.3 is 0 Å². The van der Waals surface area contributed by atoms with Gasteiger partial charge in [0.05, 0.1) is 6.67 Å². The average Bonchev–Trinajstić information content (AvgIpc) is 1.98.